The van der Waals surface area contributed by atoms with Crippen LogP contribution in [0.15, 0.2) is 34.9 Å². The lowest BCUT2D eigenvalue weighted by Gasteiger charge is -2.35. The van der Waals surface area contributed by atoms with Crippen molar-refractivity contribution in [2.75, 3.05) is 26.7 Å². The van der Waals surface area contributed by atoms with Crippen LogP contribution in [0, 0.1) is 0 Å². The van der Waals surface area contributed by atoms with Crippen molar-refractivity contribution < 1.29 is 14.1 Å². The van der Waals surface area contributed by atoms with Gasteiger partial charge in [-0.1, -0.05) is 17.3 Å². The fourth-order valence-electron chi connectivity index (χ4n) is 3.12. The van der Waals surface area contributed by atoms with Crippen molar-refractivity contribution >= 4 is 5.91 Å². The van der Waals surface area contributed by atoms with Gasteiger partial charge in [0.2, 0.25) is 0 Å². The molecule has 0 atom stereocenters. The fraction of sp³-hybridized carbons (Fsp3) is 0.474. The average Bonchev–Trinajstić information content (AvgIpc) is 3.31. The summed E-state index contributed by atoms with van der Waals surface area (Å²) in [5.41, 5.74) is 1.05. The van der Waals surface area contributed by atoms with E-state index in [2.05, 4.69) is 29.2 Å². The van der Waals surface area contributed by atoms with Gasteiger partial charge in [0.1, 0.15) is 5.75 Å². The largest absolute Gasteiger partial charge is 0.497 e. The lowest BCUT2D eigenvalue weighted by Crippen LogP contribution is -2.50. The standard InChI is InChI=1S/C19H25N3O3/c1-19(2,22-9-4-5-10-22)13-20-18(23)16-12-17(25-21-16)14-7-6-8-15(11-14)24-3/h6-8,11-12H,4-5,9-10,13H2,1-3H3,(H,20,23). The molecular formula is C19H25N3O3. The Morgan fingerprint density at radius 1 is 1.32 bits per heavy atom. The van der Waals surface area contributed by atoms with E-state index in [4.69, 9.17) is 9.26 Å². The number of likely N-dealkylation sites (tertiary alicyclic amines) is 1. The lowest BCUT2D eigenvalue weighted by molar-refractivity contribution is 0.0893. The molecule has 1 aliphatic rings. The van der Waals surface area contributed by atoms with E-state index in [1.54, 1.807) is 13.2 Å². The van der Waals surface area contributed by atoms with Crippen molar-refractivity contribution in [1.29, 1.82) is 0 Å². The van der Waals surface area contributed by atoms with E-state index < -0.39 is 0 Å². The predicted octanol–water partition coefficient (Wildman–Crippen LogP) is 2.95. The number of rotatable bonds is 6. The van der Waals surface area contributed by atoms with Gasteiger partial charge in [-0.15, -0.1) is 0 Å². The highest BCUT2D eigenvalue weighted by Crippen LogP contribution is 2.24. The molecule has 3 rings (SSSR count). The normalized spacial score (nSPS) is 15.3. The third-order valence-corrected chi connectivity index (χ3v) is 4.74. The van der Waals surface area contributed by atoms with Gasteiger partial charge in [0.15, 0.2) is 11.5 Å². The molecular weight excluding hydrogens is 318 g/mol. The number of nitrogens with zero attached hydrogens (tertiary/aromatic N) is 2. The number of aromatic nitrogens is 1. The van der Waals surface area contributed by atoms with Crippen LogP contribution in [-0.4, -0.2) is 48.2 Å². The molecule has 134 valence electrons. The first kappa shape index (κ1) is 17.5. The van der Waals surface area contributed by atoms with Gasteiger partial charge in [-0.05, 0) is 51.9 Å². The molecule has 0 unspecified atom stereocenters. The molecule has 2 aromatic rings. The van der Waals surface area contributed by atoms with Gasteiger partial charge >= 0.3 is 0 Å². The van der Waals surface area contributed by atoms with E-state index in [9.17, 15) is 4.79 Å². The van der Waals surface area contributed by atoms with Crippen LogP contribution in [0.3, 0.4) is 0 Å². The Bertz CT molecular complexity index is 733. The first-order valence-electron chi connectivity index (χ1n) is 8.64. The second-order valence-corrected chi connectivity index (χ2v) is 7.00. The molecule has 0 spiro atoms. The Hall–Kier alpha value is -2.34. The number of benzene rings is 1. The highest BCUT2D eigenvalue weighted by molar-refractivity contribution is 5.93. The molecule has 6 nitrogen and oxygen atoms in total. The highest BCUT2D eigenvalue weighted by Gasteiger charge is 2.29. The molecule has 1 N–H and O–H groups in total. The number of carbonyl (C=O) groups is 1. The summed E-state index contributed by atoms with van der Waals surface area (Å²) in [6, 6.07) is 9.12. The second kappa shape index (κ2) is 7.27. The minimum absolute atomic E-state index is 0.0640. The summed E-state index contributed by atoms with van der Waals surface area (Å²) in [7, 11) is 1.61. The minimum atomic E-state index is -0.217. The van der Waals surface area contributed by atoms with E-state index in [0.717, 1.165) is 24.4 Å². The average molecular weight is 343 g/mol. The molecule has 6 heteroatoms. The van der Waals surface area contributed by atoms with Crippen molar-refractivity contribution in [1.82, 2.24) is 15.4 Å². The van der Waals surface area contributed by atoms with Crippen molar-refractivity contribution in [3.05, 3.63) is 36.0 Å². The molecule has 1 saturated heterocycles. The van der Waals surface area contributed by atoms with Gasteiger partial charge in [0.25, 0.3) is 5.91 Å². The van der Waals surface area contributed by atoms with Gasteiger partial charge in [0.05, 0.1) is 7.11 Å². The van der Waals surface area contributed by atoms with E-state index in [-0.39, 0.29) is 17.1 Å². The number of hydrogen-bond donors (Lipinski definition) is 1. The van der Waals surface area contributed by atoms with Gasteiger partial charge in [-0.25, -0.2) is 0 Å². The Kier molecular flexibility index (Phi) is 5.08. The molecule has 0 radical (unpaired) electrons. The first-order chi connectivity index (χ1) is 12.0. The molecule has 0 bridgehead atoms. The first-order valence-corrected chi connectivity index (χ1v) is 8.64. The topological polar surface area (TPSA) is 67.6 Å². The van der Waals surface area contributed by atoms with Gasteiger partial charge in [-0.3, -0.25) is 9.69 Å². The smallest absolute Gasteiger partial charge is 0.273 e. The molecule has 0 saturated carbocycles. The highest BCUT2D eigenvalue weighted by atomic mass is 16.5. The molecule has 25 heavy (non-hydrogen) atoms. The van der Waals surface area contributed by atoms with Crippen LogP contribution in [0.5, 0.6) is 5.75 Å². The number of carbonyl (C=O) groups excluding carboxylic acids is 1. The summed E-state index contributed by atoms with van der Waals surface area (Å²) in [5, 5.41) is 6.88. The number of nitrogens with one attached hydrogen (secondary N) is 1. The number of amides is 1. The molecule has 1 aliphatic heterocycles. The summed E-state index contributed by atoms with van der Waals surface area (Å²) < 4.78 is 10.5. The monoisotopic (exact) mass is 343 g/mol. The van der Waals surface area contributed by atoms with E-state index in [1.165, 1.54) is 12.8 Å². The number of methoxy groups -OCH3 is 1. The van der Waals surface area contributed by atoms with E-state index in [1.807, 2.05) is 24.3 Å². The lowest BCUT2D eigenvalue weighted by atomic mass is 10.0. The SMILES string of the molecule is COc1cccc(-c2cc(C(=O)NCC(C)(C)N3CCCC3)no2)c1. The van der Waals surface area contributed by atoms with Gasteiger partial charge in [0, 0.05) is 23.7 Å². The third-order valence-electron chi connectivity index (χ3n) is 4.74. The van der Waals surface area contributed by atoms with Crippen molar-refractivity contribution in [2.45, 2.75) is 32.2 Å². The van der Waals surface area contributed by atoms with Gasteiger partial charge in [-0.2, -0.15) is 0 Å². The van der Waals surface area contributed by atoms with Gasteiger partial charge < -0.3 is 14.6 Å². The van der Waals surface area contributed by atoms with Crippen LogP contribution in [0.25, 0.3) is 11.3 Å². The molecule has 1 amide bonds. The zero-order chi connectivity index (χ0) is 17.9. The van der Waals surface area contributed by atoms with Crippen molar-refractivity contribution in [3.63, 3.8) is 0 Å². The fourth-order valence-corrected chi connectivity index (χ4v) is 3.12. The third kappa shape index (κ3) is 4.02. The Morgan fingerprint density at radius 3 is 2.80 bits per heavy atom. The molecule has 1 aromatic heterocycles. The maximum atomic E-state index is 12.4. The van der Waals surface area contributed by atoms with Crippen LogP contribution in [0.1, 0.15) is 37.2 Å². The minimum Gasteiger partial charge on any atom is -0.497 e. The van der Waals surface area contributed by atoms with E-state index >= 15 is 0 Å². The van der Waals surface area contributed by atoms with Crippen LogP contribution < -0.4 is 10.1 Å². The molecule has 1 fully saturated rings. The van der Waals surface area contributed by atoms with Crippen molar-refractivity contribution in [3.8, 4) is 17.1 Å². The molecule has 0 aliphatic carbocycles. The summed E-state index contributed by atoms with van der Waals surface area (Å²) in [6.45, 7) is 7.07. The summed E-state index contributed by atoms with van der Waals surface area (Å²) >= 11 is 0. The number of hydrogen-bond acceptors (Lipinski definition) is 5. The van der Waals surface area contributed by atoms with E-state index in [0.29, 0.717) is 12.3 Å². The van der Waals surface area contributed by atoms with Crippen LogP contribution >= 0.6 is 0 Å². The summed E-state index contributed by atoms with van der Waals surface area (Å²) in [4.78, 5) is 14.8. The van der Waals surface area contributed by atoms with Crippen LogP contribution in [-0.2, 0) is 0 Å². The summed E-state index contributed by atoms with van der Waals surface area (Å²) in [6.07, 6.45) is 2.45. The Balaban J connectivity index is 1.64. The predicted molar refractivity (Wildman–Crippen MR) is 95.7 cm³/mol. The molecule has 1 aromatic carbocycles. The quantitative estimate of drug-likeness (QED) is 0.873. The number of ether oxygens (including phenoxy) is 1. The Labute approximate surface area is 148 Å². The van der Waals surface area contributed by atoms with Crippen LogP contribution in [0.4, 0.5) is 0 Å². The summed E-state index contributed by atoms with van der Waals surface area (Å²) in [5.74, 6) is 1.06. The van der Waals surface area contributed by atoms with Crippen molar-refractivity contribution in [2.24, 2.45) is 0 Å². The second-order valence-electron chi connectivity index (χ2n) is 7.00. The Morgan fingerprint density at radius 2 is 2.08 bits per heavy atom. The van der Waals surface area contributed by atoms with Crippen LogP contribution in [0.2, 0.25) is 0 Å². The maximum Gasteiger partial charge on any atom is 0.273 e. The zero-order valence-corrected chi connectivity index (χ0v) is 15.0. The molecule has 2 heterocycles. The zero-order valence-electron chi connectivity index (χ0n) is 15.0. The maximum absolute atomic E-state index is 12.4.